The monoisotopic (exact) mass is 430 g/mol. The Morgan fingerprint density at radius 1 is 1.30 bits per heavy atom. The summed E-state index contributed by atoms with van der Waals surface area (Å²) in [4.78, 5) is 32.0. The van der Waals surface area contributed by atoms with Crippen LogP contribution < -0.4 is 10.2 Å². The number of rotatable bonds is 7. The Labute approximate surface area is 177 Å². The fourth-order valence-electron chi connectivity index (χ4n) is 3.64. The lowest BCUT2D eigenvalue weighted by atomic mass is 10.1. The number of ether oxygens (including phenoxy) is 1. The van der Waals surface area contributed by atoms with E-state index < -0.39 is 11.9 Å². The Morgan fingerprint density at radius 3 is 2.87 bits per heavy atom. The van der Waals surface area contributed by atoms with Gasteiger partial charge in [-0.2, -0.15) is 0 Å². The molecule has 0 saturated carbocycles. The Hall–Kier alpha value is -2.97. The van der Waals surface area contributed by atoms with Crippen LogP contribution >= 0.6 is 11.6 Å². The topological polar surface area (TPSA) is 76.5 Å². The van der Waals surface area contributed by atoms with Gasteiger partial charge >= 0.3 is 0 Å². The number of amides is 2. The lowest BCUT2D eigenvalue weighted by molar-refractivity contribution is -0.124. The molecule has 1 aliphatic rings. The Bertz CT molecular complexity index is 1120. The Balaban J connectivity index is 1.60. The average Bonchev–Trinajstić information content (AvgIpc) is 3.21. The molecule has 2 amide bonds. The molecule has 1 aliphatic heterocycles. The smallest absolute Gasteiger partial charge is 0.253 e. The molecular weight excluding hydrogens is 411 g/mol. The van der Waals surface area contributed by atoms with E-state index in [2.05, 4.69) is 10.3 Å². The molecule has 7 nitrogen and oxygen atoms in total. The fraction of sp³-hybridized carbons (Fsp3) is 0.286. The molecule has 1 atom stereocenters. The van der Waals surface area contributed by atoms with Crippen molar-refractivity contribution in [1.82, 2.24) is 9.55 Å². The van der Waals surface area contributed by atoms with Crippen molar-refractivity contribution in [2.24, 2.45) is 0 Å². The number of nitrogens with one attached hydrogen (secondary N) is 1. The van der Waals surface area contributed by atoms with Gasteiger partial charge in [0.05, 0.1) is 22.5 Å². The number of carbonyl (C=O) groups is 2. The first-order valence-electron chi connectivity index (χ1n) is 9.52. The van der Waals surface area contributed by atoms with Gasteiger partial charge in [-0.05, 0) is 36.8 Å². The van der Waals surface area contributed by atoms with E-state index in [9.17, 15) is 14.0 Å². The van der Waals surface area contributed by atoms with E-state index in [-0.39, 0.29) is 23.3 Å². The molecule has 1 N–H and O–H groups in total. The zero-order chi connectivity index (χ0) is 21.3. The molecule has 2 heterocycles. The third kappa shape index (κ3) is 3.76. The minimum Gasteiger partial charge on any atom is -0.385 e. The molecule has 30 heavy (non-hydrogen) atoms. The first-order chi connectivity index (χ1) is 14.5. The summed E-state index contributed by atoms with van der Waals surface area (Å²) < 4.78 is 20.2. The minimum atomic E-state index is -0.717. The summed E-state index contributed by atoms with van der Waals surface area (Å²) >= 11 is 5.78. The van der Waals surface area contributed by atoms with E-state index in [1.54, 1.807) is 12.0 Å². The molecule has 0 saturated heterocycles. The number of imidazole rings is 1. The highest BCUT2D eigenvalue weighted by Gasteiger charge is 2.40. The quantitative estimate of drug-likeness (QED) is 0.579. The largest absolute Gasteiger partial charge is 0.385 e. The van der Waals surface area contributed by atoms with Gasteiger partial charge in [0.1, 0.15) is 11.9 Å². The molecule has 0 radical (unpaired) electrons. The predicted molar refractivity (Wildman–Crippen MR) is 112 cm³/mol. The van der Waals surface area contributed by atoms with Crippen LogP contribution in [-0.2, 0) is 14.3 Å². The van der Waals surface area contributed by atoms with Crippen LogP contribution in [0.1, 0.15) is 18.9 Å². The molecule has 0 bridgehead atoms. The number of para-hydroxylation sites is 2. The zero-order valence-corrected chi connectivity index (χ0v) is 17.0. The van der Waals surface area contributed by atoms with E-state index in [0.29, 0.717) is 31.2 Å². The lowest BCUT2D eigenvalue weighted by Crippen LogP contribution is -2.32. The molecule has 1 aromatic heterocycles. The third-order valence-corrected chi connectivity index (χ3v) is 5.28. The molecular formula is C21H20ClFN4O3. The second-order valence-corrected chi connectivity index (χ2v) is 7.41. The molecule has 3 aromatic rings. The lowest BCUT2D eigenvalue weighted by Gasteiger charge is -2.15. The summed E-state index contributed by atoms with van der Waals surface area (Å²) in [7, 11) is 1.61. The molecule has 0 fully saturated rings. The van der Waals surface area contributed by atoms with Gasteiger partial charge in [0.2, 0.25) is 11.9 Å². The summed E-state index contributed by atoms with van der Waals surface area (Å²) in [5, 5.41) is 2.59. The number of benzene rings is 2. The number of fused-ring (bicyclic) bond motifs is 3. The van der Waals surface area contributed by atoms with E-state index in [4.69, 9.17) is 16.3 Å². The number of methoxy groups -OCH3 is 1. The maximum atomic E-state index is 13.3. The normalized spacial score (nSPS) is 15.6. The van der Waals surface area contributed by atoms with Crippen LogP contribution in [0, 0.1) is 5.82 Å². The van der Waals surface area contributed by atoms with Crippen LogP contribution in [-0.4, -0.2) is 41.6 Å². The summed E-state index contributed by atoms with van der Waals surface area (Å²) in [5.74, 6) is -0.605. The van der Waals surface area contributed by atoms with Crippen molar-refractivity contribution < 1.29 is 18.7 Å². The number of nitrogens with zero attached hydrogens (tertiary/aromatic N) is 3. The first-order valence-corrected chi connectivity index (χ1v) is 9.89. The van der Waals surface area contributed by atoms with E-state index in [0.717, 1.165) is 11.0 Å². The van der Waals surface area contributed by atoms with Crippen molar-refractivity contribution in [1.29, 1.82) is 0 Å². The van der Waals surface area contributed by atoms with Gasteiger partial charge in [-0.3, -0.25) is 19.1 Å². The highest BCUT2D eigenvalue weighted by atomic mass is 35.5. The van der Waals surface area contributed by atoms with Crippen molar-refractivity contribution in [3.05, 3.63) is 53.3 Å². The van der Waals surface area contributed by atoms with Crippen molar-refractivity contribution in [2.45, 2.75) is 18.9 Å². The summed E-state index contributed by atoms with van der Waals surface area (Å²) in [5.41, 5.74) is 1.91. The number of halogens is 2. The Kier molecular flexibility index (Phi) is 5.69. The number of hydrogen-bond acceptors (Lipinski definition) is 4. The van der Waals surface area contributed by atoms with Crippen molar-refractivity contribution >= 4 is 46.1 Å². The zero-order valence-electron chi connectivity index (χ0n) is 16.3. The maximum Gasteiger partial charge on any atom is 0.253 e. The van der Waals surface area contributed by atoms with Gasteiger partial charge in [-0.25, -0.2) is 9.37 Å². The molecule has 4 rings (SSSR count). The third-order valence-electron chi connectivity index (χ3n) is 4.99. The van der Waals surface area contributed by atoms with Crippen LogP contribution in [0.3, 0.4) is 0 Å². The van der Waals surface area contributed by atoms with Crippen LogP contribution in [0.5, 0.6) is 0 Å². The summed E-state index contributed by atoms with van der Waals surface area (Å²) in [6, 6.07) is 10.7. The second kappa shape index (κ2) is 8.41. The fourth-order valence-corrected chi connectivity index (χ4v) is 3.82. The van der Waals surface area contributed by atoms with Gasteiger partial charge in [-0.15, -0.1) is 0 Å². The van der Waals surface area contributed by atoms with Gasteiger partial charge in [0, 0.05) is 25.9 Å². The van der Waals surface area contributed by atoms with Gasteiger partial charge in [0.25, 0.3) is 5.91 Å². The first kappa shape index (κ1) is 20.3. The Morgan fingerprint density at radius 2 is 2.10 bits per heavy atom. The average molecular weight is 431 g/mol. The van der Waals surface area contributed by atoms with E-state index >= 15 is 0 Å². The molecule has 2 aromatic carbocycles. The number of hydrogen-bond donors (Lipinski definition) is 1. The van der Waals surface area contributed by atoms with Gasteiger partial charge < -0.3 is 10.1 Å². The van der Waals surface area contributed by atoms with Crippen molar-refractivity contribution in [3.63, 3.8) is 0 Å². The van der Waals surface area contributed by atoms with E-state index in [1.165, 1.54) is 18.2 Å². The van der Waals surface area contributed by atoms with Gasteiger partial charge in [-0.1, -0.05) is 23.7 Å². The molecule has 9 heteroatoms. The number of anilines is 2. The summed E-state index contributed by atoms with van der Waals surface area (Å²) in [6.07, 6.45) is 0.570. The van der Waals surface area contributed by atoms with Crippen molar-refractivity contribution in [2.75, 3.05) is 30.5 Å². The highest BCUT2D eigenvalue weighted by molar-refractivity contribution is 6.31. The summed E-state index contributed by atoms with van der Waals surface area (Å²) in [6.45, 7) is 0.960. The SMILES string of the molecule is COCCCN1C(=O)[C@H](CC(=O)Nc2ccc(F)c(Cl)c2)n2c1nc1ccccc12. The molecule has 0 unspecified atom stereocenters. The molecule has 0 aliphatic carbocycles. The highest BCUT2D eigenvalue weighted by Crippen LogP contribution is 2.36. The van der Waals surface area contributed by atoms with Crippen LogP contribution in [0.4, 0.5) is 16.0 Å². The van der Waals surface area contributed by atoms with Crippen molar-refractivity contribution in [3.8, 4) is 0 Å². The van der Waals surface area contributed by atoms with Crippen LogP contribution in [0.25, 0.3) is 11.0 Å². The minimum absolute atomic E-state index is 0.0814. The molecule has 156 valence electrons. The van der Waals surface area contributed by atoms with E-state index in [1.807, 2.05) is 28.8 Å². The second-order valence-electron chi connectivity index (χ2n) is 7.00. The number of aromatic nitrogens is 2. The molecule has 0 spiro atoms. The predicted octanol–water partition coefficient (Wildman–Crippen LogP) is 3.78. The maximum absolute atomic E-state index is 13.3. The van der Waals surface area contributed by atoms with Gasteiger partial charge in [0.15, 0.2) is 0 Å². The standard InChI is InChI=1S/C21H20ClFN4O3/c1-30-10-4-9-26-20(29)18(27-17-6-3-2-5-16(17)25-21(26)27)12-19(28)24-13-7-8-15(23)14(22)11-13/h2-3,5-8,11,18H,4,9-10,12H2,1H3,(H,24,28)/t18-/m0/s1. The van der Waals surface area contributed by atoms with Crippen LogP contribution in [0.2, 0.25) is 5.02 Å². The number of carbonyl (C=O) groups excluding carboxylic acids is 2. The van der Waals surface area contributed by atoms with Crippen LogP contribution in [0.15, 0.2) is 42.5 Å².